The van der Waals surface area contributed by atoms with E-state index in [-0.39, 0.29) is 6.10 Å². The lowest BCUT2D eigenvalue weighted by molar-refractivity contribution is 0.0254. The highest BCUT2D eigenvalue weighted by atomic mass is 16.5. The van der Waals surface area contributed by atoms with Crippen molar-refractivity contribution in [1.29, 1.82) is 5.26 Å². The number of benzene rings is 2. The smallest absolute Gasteiger partial charge is 0.230 e. The van der Waals surface area contributed by atoms with Crippen LogP contribution in [0.1, 0.15) is 18.4 Å². The minimum absolute atomic E-state index is 0.0475. The van der Waals surface area contributed by atoms with Crippen LogP contribution in [0.2, 0.25) is 0 Å². The van der Waals surface area contributed by atoms with Gasteiger partial charge in [0.05, 0.1) is 18.8 Å². The van der Waals surface area contributed by atoms with Gasteiger partial charge in [0, 0.05) is 29.8 Å². The normalized spacial score (nSPS) is 14.7. The van der Waals surface area contributed by atoms with Gasteiger partial charge in [0.25, 0.3) is 0 Å². The first kappa shape index (κ1) is 22.2. The quantitative estimate of drug-likeness (QED) is 0.353. The third kappa shape index (κ3) is 5.83. The Labute approximate surface area is 191 Å². The summed E-state index contributed by atoms with van der Waals surface area (Å²) in [6.45, 7) is 4.86. The summed E-state index contributed by atoms with van der Waals surface area (Å²) >= 11 is 0. The zero-order chi connectivity index (χ0) is 23.0. The maximum absolute atomic E-state index is 9.62. The zero-order valence-electron chi connectivity index (χ0n) is 17.9. The number of nitrogens with zero attached hydrogens (tertiary/aromatic N) is 4. The van der Waals surface area contributed by atoms with Crippen molar-refractivity contribution < 1.29 is 14.6 Å². The topological polar surface area (TPSA) is 125 Å². The molecule has 1 saturated heterocycles. The minimum atomic E-state index is -0.818. The molecule has 1 aromatic heterocycles. The van der Waals surface area contributed by atoms with Crippen LogP contribution in [0, 0.1) is 11.3 Å². The van der Waals surface area contributed by atoms with E-state index in [1.54, 1.807) is 12.1 Å². The van der Waals surface area contributed by atoms with E-state index in [0.717, 1.165) is 24.2 Å². The van der Waals surface area contributed by atoms with Gasteiger partial charge in [0.2, 0.25) is 5.95 Å². The zero-order valence-corrected chi connectivity index (χ0v) is 17.9. The molecule has 0 spiro atoms. The van der Waals surface area contributed by atoms with Crippen molar-refractivity contribution in [3.05, 3.63) is 67.0 Å². The van der Waals surface area contributed by atoms with Gasteiger partial charge in [0.1, 0.15) is 30.5 Å². The average molecular weight is 444 g/mol. The molecule has 1 aliphatic heterocycles. The number of nitrogens with one attached hydrogen (secondary N) is 2. The second-order valence-electron chi connectivity index (χ2n) is 7.41. The van der Waals surface area contributed by atoms with Crippen molar-refractivity contribution in [2.75, 3.05) is 23.8 Å². The molecule has 0 amide bonds. The van der Waals surface area contributed by atoms with Crippen molar-refractivity contribution in [2.24, 2.45) is 0 Å². The molecule has 9 heteroatoms. The average Bonchev–Trinajstić information content (AvgIpc) is 2.86. The number of aromatic nitrogens is 3. The molecule has 2 aromatic carbocycles. The molecule has 9 nitrogen and oxygen atoms in total. The fraction of sp³-hybridized carbons (Fsp3) is 0.250. The van der Waals surface area contributed by atoms with Crippen LogP contribution in [0.4, 0.5) is 17.3 Å². The molecule has 0 aliphatic carbocycles. The summed E-state index contributed by atoms with van der Waals surface area (Å²) in [6, 6.07) is 14.8. The molecular weight excluding hydrogens is 420 g/mol. The van der Waals surface area contributed by atoms with E-state index >= 15 is 0 Å². The van der Waals surface area contributed by atoms with E-state index in [1.807, 2.05) is 30.3 Å². The predicted octanol–water partition coefficient (Wildman–Crippen LogP) is 3.63. The molecule has 0 saturated carbocycles. The summed E-state index contributed by atoms with van der Waals surface area (Å²) in [6.07, 6.45) is 3.66. The number of hydrogen-bond acceptors (Lipinski definition) is 9. The lowest BCUT2D eigenvalue weighted by atomic mass is 10.1. The van der Waals surface area contributed by atoms with E-state index < -0.39 is 6.23 Å². The van der Waals surface area contributed by atoms with E-state index in [9.17, 15) is 10.4 Å². The highest BCUT2D eigenvalue weighted by Gasteiger charge is 2.18. The fourth-order valence-corrected chi connectivity index (χ4v) is 3.34. The summed E-state index contributed by atoms with van der Waals surface area (Å²) in [7, 11) is 0. The Morgan fingerprint density at radius 3 is 2.64 bits per heavy atom. The fourth-order valence-electron chi connectivity index (χ4n) is 3.34. The van der Waals surface area contributed by atoms with E-state index in [0.29, 0.717) is 41.9 Å². The monoisotopic (exact) mass is 444 g/mol. The van der Waals surface area contributed by atoms with Gasteiger partial charge in [-0.15, -0.1) is 0 Å². The van der Waals surface area contributed by atoms with Crippen LogP contribution in [0.3, 0.4) is 0 Å². The van der Waals surface area contributed by atoms with Crippen molar-refractivity contribution >= 4 is 17.3 Å². The van der Waals surface area contributed by atoms with Gasteiger partial charge in [-0.25, -0.2) is 9.97 Å². The van der Waals surface area contributed by atoms with Crippen LogP contribution in [0.5, 0.6) is 5.75 Å². The minimum Gasteiger partial charge on any atom is -0.489 e. The Bertz CT molecular complexity index is 1140. The summed E-state index contributed by atoms with van der Waals surface area (Å²) < 4.78 is 11.4. The van der Waals surface area contributed by atoms with Gasteiger partial charge in [-0.1, -0.05) is 6.58 Å². The van der Waals surface area contributed by atoms with Crippen molar-refractivity contribution in [1.82, 2.24) is 15.0 Å². The second-order valence-corrected chi connectivity index (χ2v) is 7.41. The van der Waals surface area contributed by atoms with Gasteiger partial charge in [-0.2, -0.15) is 10.2 Å². The molecule has 168 valence electrons. The Balaban J connectivity index is 1.48. The molecule has 1 fully saturated rings. The number of ether oxygens (including phenoxy) is 2. The molecule has 3 N–H and O–H groups in total. The highest BCUT2D eigenvalue weighted by Crippen LogP contribution is 2.27. The summed E-state index contributed by atoms with van der Waals surface area (Å²) in [5, 5.41) is 25.2. The number of aliphatic hydroxyl groups excluding tert-OH is 1. The number of hydrogen-bond donors (Lipinski definition) is 3. The summed E-state index contributed by atoms with van der Waals surface area (Å²) in [4.78, 5) is 12.9. The molecule has 1 atom stereocenters. The molecule has 4 rings (SSSR count). The molecule has 33 heavy (non-hydrogen) atoms. The largest absolute Gasteiger partial charge is 0.489 e. The van der Waals surface area contributed by atoms with Gasteiger partial charge in [-0.05, 0) is 48.5 Å². The van der Waals surface area contributed by atoms with E-state index in [4.69, 9.17) is 9.47 Å². The first-order valence-corrected chi connectivity index (χ1v) is 10.6. The van der Waals surface area contributed by atoms with Crippen LogP contribution >= 0.6 is 0 Å². The van der Waals surface area contributed by atoms with Gasteiger partial charge >= 0.3 is 0 Å². The highest BCUT2D eigenvalue weighted by molar-refractivity contribution is 5.64. The first-order chi connectivity index (χ1) is 16.1. The van der Waals surface area contributed by atoms with Crippen molar-refractivity contribution in [3.8, 4) is 23.2 Å². The standard InChI is InChI=1S/C24H24N6O3/c1-2-22(31)28-18-4-6-19(7-5-18)29-24-27-15-26-23(30-24)16-3-8-21(17(13-16)14-25)33-20-9-11-32-12-10-20/h2-8,13,15,20,22,28,31H,1,9-12H2,(H,26,27,29,30). The molecule has 1 aliphatic rings. The lowest BCUT2D eigenvalue weighted by Gasteiger charge is -2.23. The van der Waals surface area contributed by atoms with Crippen LogP contribution in [-0.4, -0.2) is 45.6 Å². The first-order valence-electron chi connectivity index (χ1n) is 10.6. The lowest BCUT2D eigenvalue weighted by Crippen LogP contribution is -2.26. The van der Waals surface area contributed by atoms with Crippen LogP contribution in [0.25, 0.3) is 11.4 Å². The molecule has 1 unspecified atom stereocenters. The van der Waals surface area contributed by atoms with Crippen molar-refractivity contribution in [2.45, 2.75) is 25.2 Å². The molecule has 3 aromatic rings. The summed E-state index contributed by atoms with van der Waals surface area (Å²) in [5.74, 6) is 1.36. The number of aliphatic hydroxyl groups is 1. The van der Waals surface area contributed by atoms with E-state index in [2.05, 4.69) is 38.2 Å². The maximum Gasteiger partial charge on any atom is 0.230 e. The third-order valence-electron chi connectivity index (χ3n) is 5.07. The maximum atomic E-state index is 9.62. The summed E-state index contributed by atoms with van der Waals surface area (Å²) in [5.41, 5.74) is 2.63. The Hall–Kier alpha value is -4.00. The second kappa shape index (κ2) is 10.5. The molecule has 0 bridgehead atoms. The Kier molecular flexibility index (Phi) is 7.09. The molecule has 2 heterocycles. The van der Waals surface area contributed by atoms with Crippen molar-refractivity contribution in [3.63, 3.8) is 0 Å². The SMILES string of the molecule is C=CC(O)Nc1ccc(Nc2ncnc(-c3ccc(OC4CCOCC4)c(C#N)c3)n2)cc1. The van der Waals surface area contributed by atoms with Crippen LogP contribution in [-0.2, 0) is 4.74 Å². The third-order valence-corrected chi connectivity index (χ3v) is 5.07. The van der Waals surface area contributed by atoms with Crippen LogP contribution in [0.15, 0.2) is 61.4 Å². The van der Waals surface area contributed by atoms with Crippen LogP contribution < -0.4 is 15.4 Å². The Morgan fingerprint density at radius 2 is 1.91 bits per heavy atom. The molecular formula is C24H24N6O3. The van der Waals surface area contributed by atoms with Gasteiger partial charge in [-0.3, -0.25) is 0 Å². The Morgan fingerprint density at radius 1 is 1.15 bits per heavy atom. The predicted molar refractivity (Wildman–Crippen MR) is 124 cm³/mol. The van der Waals surface area contributed by atoms with Gasteiger partial charge in [0.15, 0.2) is 5.82 Å². The van der Waals surface area contributed by atoms with Gasteiger partial charge < -0.3 is 25.2 Å². The number of anilines is 3. The number of nitriles is 1. The molecule has 0 radical (unpaired) electrons. The number of rotatable bonds is 8. The van der Waals surface area contributed by atoms with E-state index in [1.165, 1.54) is 12.4 Å².